The number of rotatable bonds is 10. The largest absolute Gasteiger partial charge is 0.373 e. The minimum Gasteiger partial charge on any atom is -0.373 e. The summed E-state index contributed by atoms with van der Waals surface area (Å²) in [5.74, 6) is 1.42. The van der Waals surface area contributed by atoms with E-state index >= 15 is 0 Å². The van der Waals surface area contributed by atoms with E-state index in [0.29, 0.717) is 18.1 Å². The highest BCUT2D eigenvalue weighted by atomic mass is 19.1. The molecule has 1 saturated carbocycles. The van der Waals surface area contributed by atoms with Crippen LogP contribution in [0.4, 0.5) is 4.39 Å². The van der Waals surface area contributed by atoms with Crippen LogP contribution in [0.25, 0.3) is 11.1 Å². The molecule has 0 spiro atoms. The summed E-state index contributed by atoms with van der Waals surface area (Å²) >= 11 is 0. The van der Waals surface area contributed by atoms with Gasteiger partial charge in [-0.15, -0.1) is 6.58 Å². The van der Waals surface area contributed by atoms with Crippen molar-refractivity contribution in [1.29, 1.82) is 0 Å². The van der Waals surface area contributed by atoms with Crippen LogP contribution in [0.1, 0.15) is 75.3 Å². The maximum atomic E-state index is 14.4. The summed E-state index contributed by atoms with van der Waals surface area (Å²) in [6.07, 6.45) is 12.5. The van der Waals surface area contributed by atoms with Gasteiger partial charge in [0.05, 0.1) is 13.2 Å². The van der Waals surface area contributed by atoms with E-state index in [4.69, 9.17) is 4.74 Å². The molecule has 1 aliphatic carbocycles. The molecule has 2 aromatic rings. The van der Waals surface area contributed by atoms with Gasteiger partial charge in [0.1, 0.15) is 5.82 Å². The molecule has 1 aliphatic rings. The average Bonchev–Trinajstić information content (AvgIpc) is 2.76. The van der Waals surface area contributed by atoms with Crippen LogP contribution in [0.15, 0.2) is 55.1 Å². The third-order valence-electron chi connectivity index (χ3n) is 6.32. The second-order valence-corrected chi connectivity index (χ2v) is 8.45. The van der Waals surface area contributed by atoms with Gasteiger partial charge in [-0.25, -0.2) is 4.39 Å². The zero-order chi connectivity index (χ0) is 20.5. The molecule has 0 bridgehead atoms. The smallest absolute Gasteiger partial charge is 0.129 e. The van der Waals surface area contributed by atoms with Crippen molar-refractivity contribution in [3.63, 3.8) is 0 Å². The van der Waals surface area contributed by atoms with Gasteiger partial charge < -0.3 is 4.74 Å². The van der Waals surface area contributed by atoms with Crippen molar-refractivity contribution in [1.82, 2.24) is 0 Å². The number of ether oxygens (including phenoxy) is 1. The highest BCUT2D eigenvalue weighted by Gasteiger charge is 2.22. The van der Waals surface area contributed by atoms with E-state index < -0.39 is 0 Å². The van der Waals surface area contributed by atoms with Crippen LogP contribution >= 0.6 is 0 Å². The Labute approximate surface area is 176 Å². The van der Waals surface area contributed by atoms with Gasteiger partial charge in [-0.2, -0.15) is 0 Å². The van der Waals surface area contributed by atoms with Crippen molar-refractivity contribution in [2.45, 2.75) is 70.8 Å². The molecule has 0 radical (unpaired) electrons. The quantitative estimate of drug-likeness (QED) is 0.292. The summed E-state index contributed by atoms with van der Waals surface area (Å²) in [4.78, 5) is 0. The molecule has 0 aromatic heterocycles. The number of hydrogen-bond donors (Lipinski definition) is 0. The first kappa shape index (κ1) is 21.8. The molecule has 0 aliphatic heterocycles. The van der Waals surface area contributed by atoms with Crippen LogP contribution in [0.5, 0.6) is 0 Å². The van der Waals surface area contributed by atoms with Crippen molar-refractivity contribution >= 4 is 0 Å². The zero-order valence-electron chi connectivity index (χ0n) is 17.8. The molecule has 0 amide bonds. The summed E-state index contributed by atoms with van der Waals surface area (Å²) in [5.41, 5.74) is 4.01. The van der Waals surface area contributed by atoms with E-state index in [1.165, 1.54) is 56.9 Å². The van der Waals surface area contributed by atoms with Gasteiger partial charge in [0.25, 0.3) is 0 Å². The predicted molar refractivity (Wildman–Crippen MR) is 121 cm³/mol. The summed E-state index contributed by atoms with van der Waals surface area (Å²) < 4.78 is 19.7. The van der Waals surface area contributed by atoms with E-state index in [9.17, 15) is 4.39 Å². The van der Waals surface area contributed by atoms with E-state index in [1.54, 1.807) is 12.1 Å². The fourth-order valence-electron chi connectivity index (χ4n) is 4.51. The molecular formula is C27H35FO. The fourth-order valence-corrected chi connectivity index (χ4v) is 4.51. The normalized spacial score (nSPS) is 19.2. The van der Waals surface area contributed by atoms with E-state index in [-0.39, 0.29) is 12.4 Å². The van der Waals surface area contributed by atoms with Gasteiger partial charge in [0.2, 0.25) is 0 Å². The maximum Gasteiger partial charge on any atom is 0.129 e. The first-order valence-electron chi connectivity index (χ1n) is 11.3. The summed E-state index contributed by atoms with van der Waals surface area (Å²) in [6, 6.07) is 14.2. The lowest BCUT2D eigenvalue weighted by Crippen LogP contribution is -2.13. The Morgan fingerprint density at radius 1 is 1.00 bits per heavy atom. The zero-order valence-corrected chi connectivity index (χ0v) is 17.8. The molecule has 1 nitrogen and oxygen atoms in total. The van der Waals surface area contributed by atoms with Gasteiger partial charge in [-0.05, 0) is 60.3 Å². The lowest BCUT2D eigenvalue weighted by molar-refractivity contribution is 0.146. The van der Waals surface area contributed by atoms with Gasteiger partial charge in [-0.1, -0.05) is 75.1 Å². The molecule has 29 heavy (non-hydrogen) atoms. The van der Waals surface area contributed by atoms with Crippen molar-refractivity contribution in [3.8, 4) is 11.1 Å². The molecule has 156 valence electrons. The number of hydrogen-bond acceptors (Lipinski definition) is 1. The molecule has 1 fully saturated rings. The van der Waals surface area contributed by atoms with Crippen LogP contribution in [0.2, 0.25) is 0 Å². The Hall–Kier alpha value is -1.93. The van der Waals surface area contributed by atoms with Crippen molar-refractivity contribution in [3.05, 3.63) is 72.1 Å². The maximum absolute atomic E-state index is 14.4. The third-order valence-corrected chi connectivity index (χ3v) is 6.32. The van der Waals surface area contributed by atoms with Crippen LogP contribution in [-0.4, -0.2) is 6.61 Å². The summed E-state index contributed by atoms with van der Waals surface area (Å²) in [5, 5.41) is 0. The Kier molecular flexibility index (Phi) is 8.49. The van der Waals surface area contributed by atoms with E-state index in [1.807, 2.05) is 12.1 Å². The van der Waals surface area contributed by atoms with Crippen molar-refractivity contribution in [2.75, 3.05) is 6.61 Å². The molecule has 0 unspecified atom stereocenters. The summed E-state index contributed by atoms with van der Waals surface area (Å²) in [6.45, 7) is 6.60. The highest BCUT2D eigenvalue weighted by Crippen LogP contribution is 2.38. The van der Waals surface area contributed by atoms with Gasteiger partial charge in [0, 0.05) is 5.56 Å². The summed E-state index contributed by atoms with van der Waals surface area (Å²) in [7, 11) is 0. The first-order valence-corrected chi connectivity index (χ1v) is 11.3. The number of benzene rings is 2. The van der Waals surface area contributed by atoms with Crippen LogP contribution in [0, 0.1) is 11.7 Å². The topological polar surface area (TPSA) is 9.23 Å². The Balaban J connectivity index is 1.56. The Morgan fingerprint density at radius 3 is 2.38 bits per heavy atom. The molecule has 0 atom stereocenters. The molecule has 3 rings (SSSR count). The highest BCUT2D eigenvalue weighted by molar-refractivity contribution is 5.64. The number of unbranched alkanes of at least 4 members (excludes halogenated alkanes) is 2. The molecule has 2 aromatic carbocycles. The lowest BCUT2D eigenvalue weighted by Gasteiger charge is -2.29. The second kappa shape index (κ2) is 11.3. The monoisotopic (exact) mass is 394 g/mol. The van der Waals surface area contributed by atoms with Crippen LogP contribution in [0.3, 0.4) is 0 Å². The molecule has 0 N–H and O–H groups in total. The van der Waals surface area contributed by atoms with Crippen molar-refractivity contribution < 1.29 is 9.13 Å². The van der Waals surface area contributed by atoms with Crippen molar-refractivity contribution in [2.24, 2.45) is 5.92 Å². The van der Waals surface area contributed by atoms with Gasteiger partial charge in [-0.3, -0.25) is 0 Å². The Bertz CT molecular complexity index is 757. The number of halogens is 1. The lowest BCUT2D eigenvalue weighted by atomic mass is 9.77. The molecule has 0 heterocycles. The minimum absolute atomic E-state index is 0.211. The average molecular weight is 395 g/mol. The molecular weight excluding hydrogens is 359 g/mol. The second-order valence-electron chi connectivity index (χ2n) is 8.45. The SMILES string of the molecule is C=CCOCc1ccc(-c2ccc(C3CCC(CCCCC)CC3)cc2)cc1F. The fraction of sp³-hybridized carbons (Fsp3) is 0.481. The minimum atomic E-state index is -0.211. The van der Waals surface area contributed by atoms with Crippen LogP contribution < -0.4 is 0 Å². The third kappa shape index (κ3) is 6.27. The van der Waals surface area contributed by atoms with E-state index in [0.717, 1.165) is 17.0 Å². The first-order chi connectivity index (χ1) is 14.2. The predicted octanol–water partition coefficient (Wildman–Crippen LogP) is 8.05. The Morgan fingerprint density at radius 2 is 1.72 bits per heavy atom. The standard InChI is InChI=1S/C27H35FO/c1-3-5-6-7-21-8-10-22(11-9-21)23-12-14-24(15-13-23)25-16-17-26(27(28)19-25)20-29-18-4-2/h4,12-17,19,21-22H,2-3,5-11,18,20H2,1H3. The van der Waals surface area contributed by atoms with Gasteiger partial charge >= 0.3 is 0 Å². The van der Waals surface area contributed by atoms with E-state index in [2.05, 4.69) is 37.8 Å². The molecule has 2 heteroatoms. The van der Waals surface area contributed by atoms with Gasteiger partial charge in [0.15, 0.2) is 0 Å². The van der Waals surface area contributed by atoms with Crippen LogP contribution in [-0.2, 0) is 11.3 Å². The molecule has 0 saturated heterocycles.